The molecule has 1 aromatic carbocycles. The standard InChI is InChI=1S/C11H10N2O/c12-8-4-3-6-9-5-1-2-7-10(9)11(13)14/h1-3,5-7H,4H2,(H2,13,14). The van der Waals surface area contributed by atoms with E-state index in [2.05, 4.69) is 0 Å². The van der Waals surface area contributed by atoms with Crippen LogP contribution in [0.25, 0.3) is 6.08 Å². The van der Waals surface area contributed by atoms with Crippen molar-refractivity contribution >= 4 is 12.0 Å². The Bertz CT molecular complexity index is 402. The summed E-state index contributed by atoms with van der Waals surface area (Å²) in [6, 6.07) is 9.00. The van der Waals surface area contributed by atoms with Gasteiger partial charge >= 0.3 is 0 Å². The number of nitriles is 1. The summed E-state index contributed by atoms with van der Waals surface area (Å²) in [7, 11) is 0. The van der Waals surface area contributed by atoms with E-state index in [0.717, 1.165) is 5.56 Å². The van der Waals surface area contributed by atoms with E-state index >= 15 is 0 Å². The SMILES string of the molecule is N#CCC=Cc1ccccc1C(N)=O. The van der Waals surface area contributed by atoms with Gasteiger partial charge < -0.3 is 5.73 Å². The van der Waals surface area contributed by atoms with Crippen molar-refractivity contribution in [1.82, 2.24) is 0 Å². The van der Waals surface area contributed by atoms with Crippen LogP contribution in [0.5, 0.6) is 0 Å². The van der Waals surface area contributed by atoms with Crippen LogP contribution in [-0.2, 0) is 0 Å². The minimum Gasteiger partial charge on any atom is -0.366 e. The average Bonchev–Trinajstić information content (AvgIpc) is 2.19. The van der Waals surface area contributed by atoms with Gasteiger partial charge in [0.25, 0.3) is 0 Å². The molecule has 0 atom stereocenters. The van der Waals surface area contributed by atoms with Crippen molar-refractivity contribution in [2.24, 2.45) is 5.73 Å². The van der Waals surface area contributed by atoms with Gasteiger partial charge in [-0.1, -0.05) is 30.4 Å². The number of hydrogen-bond acceptors (Lipinski definition) is 2. The monoisotopic (exact) mass is 186 g/mol. The highest BCUT2D eigenvalue weighted by Gasteiger charge is 2.02. The molecule has 0 heterocycles. The molecule has 0 bridgehead atoms. The molecule has 0 saturated carbocycles. The van der Waals surface area contributed by atoms with Gasteiger partial charge in [-0.05, 0) is 11.6 Å². The summed E-state index contributed by atoms with van der Waals surface area (Å²) in [5.74, 6) is -0.456. The fraction of sp³-hybridized carbons (Fsp3) is 0.0909. The van der Waals surface area contributed by atoms with E-state index < -0.39 is 5.91 Å². The van der Waals surface area contributed by atoms with Gasteiger partial charge in [0.15, 0.2) is 0 Å². The van der Waals surface area contributed by atoms with Crippen LogP contribution >= 0.6 is 0 Å². The summed E-state index contributed by atoms with van der Waals surface area (Å²) in [5, 5.41) is 8.33. The van der Waals surface area contributed by atoms with Crippen LogP contribution in [-0.4, -0.2) is 5.91 Å². The van der Waals surface area contributed by atoms with Gasteiger partial charge in [-0.15, -0.1) is 0 Å². The maximum absolute atomic E-state index is 11.0. The van der Waals surface area contributed by atoms with Gasteiger partial charge in [-0.3, -0.25) is 4.79 Å². The minimum atomic E-state index is -0.456. The number of hydrogen-bond donors (Lipinski definition) is 1. The van der Waals surface area contributed by atoms with Crippen LogP contribution in [0.3, 0.4) is 0 Å². The first-order chi connectivity index (χ1) is 6.75. The number of benzene rings is 1. The maximum Gasteiger partial charge on any atom is 0.249 e. The molecule has 1 aromatic rings. The van der Waals surface area contributed by atoms with Gasteiger partial charge in [0.05, 0.1) is 12.5 Å². The third-order valence-corrected chi connectivity index (χ3v) is 1.73. The van der Waals surface area contributed by atoms with Crippen molar-refractivity contribution in [2.75, 3.05) is 0 Å². The van der Waals surface area contributed by atoms with Gasteiger partial charge in [-0.2, -0.15) is 5.26 Å². The summed E-state index contributed by atoms with van der Waals surface area (Å²) in [6.45, 7) is 0. The third-order valence-electron chi connectivity index (χ3n) is 1.73. The molecular formula is C11H10N2O. The van der Waals surface area contributed by atoms with Crippen LogP contribution in [0.1, 0.15) is 22.3 Å². The Kier molecular flexibility index (Phi) is 3.45. The Morgan fingerprint density at radius 3 is 2.86 bits per heavy atom. The third kappa shape index (κ3) is 2.46. The summed E-state index contributed by atoms with van der Waals surface area (Å²) in [6.07, 6.45) is 3.75. The first-order valence-electron chi connectivity index (χ1n) is 4.18. The summed E-state index contributed by atoms with van der Waals surface area (Å²) >= 11 is 0. The van der Waals surface area contributed by atoms with E-state index in [4.69, 9.17) is 11.0 Å². The van der Waals surface area contributed by atoms with E-state index in [0.29, 0.717) is 12.0 Å². The number of primary amides is 1. The van der Waals surface area contributed by atoms with Crippen molar-refractivity contribution in [2.45, 2.75) is 6.42 Å². The Labute approximate surface area is 82.5 Å². The number of allylic oxidation sites excluding steroid dienone is 1. The zero-order valence-electron chi connectivity index (χ0n) is 7.60. The second kappa shape index (κ2) is 4.83. The topological polar surface area (TPSA) is 66.9 Å². The Morgan fingerprint density at radius 2 is 2.21 bits per heavy atom. The predicted octanol–water partition coefficient (Wildman–Crippen LogP) is 1.71. The van der Waals surface area contributed by atoms with E-state index in [1.54, 1.807) is 30.4 Å². The lowest BCUT2D eigenvalue weighted by atomic mass is 10.1. The quantitative estimate of drug-likeness (QED) is 0.780. The summed E-state index contributed by atoms with van der Waals surface area (Å²) < 4.78 is 0. The molecule has 0 aliphatic rings. The number of rotatable bonds is 3. The first kappa shape index (κ1) is 10.0. The van der Waals surface area contributed by atoms with E-state index in [9.17, 15) is 4.79 Å². The number of amides is 1. The van der Waals surface area contributed by atoms with Crippen LogP contribution < -0.4 is 5.73 Å². The number of nitrogens with zero attached hydrogens (tertiary/aromatic N) is 1. The van der Waals surface area contributed by atoms with Crippen molar-refractivity contribution in [3.63, 3.8) is 0 Å². The van der Waals surface area contributed by atoms with Crippen molar-refractivity contribution in [3.05, 3.63) is 41.5 Å². The lowest BCUT2D eigenvalue weighted by molar-refractivity contribution is 0.1000. The molecule has 0 aromatic heterocycles. The first-order valence-corrected chi connectivity index (χ1v) is 4.18. The van der Waals surface area contributed by atoms with E-state index in [1.165, 1.54) is 0 Å². The van der Waals surface area contributed by atoms with E-state index in [1.807, 2.05) is 12.1 Å². The fourth-order valence-corrected chi connectivity index (χ4v) is 1.11. The molecule has 0 aliphatic carbocycles. The molecule has 3 nitrogen and oxygen atoms in total. The van der Waals surface area contributed by atoms with Crippen LogP contribution in [0.2, 0.25) is 0 Å². The fourth-order valence-electron chi connectivity index (χ4n) is 1.11. The molecule has 0 saturated heterocycles. The molecule has 70 valence electrons. The molecule has 0 radical (unpaired) electrons. The largest absolute Gasteiger partial charge is 0.366 e. The Hall–Kier alpha value is -2.08. The summed E-state index contributed by atoms with van der Waals surface area (Å²) in [4.78, 5) is 11.0. The normalized spacial score (nSPS) is 9.93. The molecule has 0 aliphatic heterocycles. The number of carbonyl (C=O) groups excluding carboxylic acids is 1. The van der Waals surface area contributed by atoms with Crippen LogP contribution in [0.4, 0.5) is 0 Å². The van der Waals surface area contributed by atoms with Gasteiger partial charge in [0.1, 0.15) is 0 Å². The lowest BCUT2D eigenvalue weighted by Gasteiger charge is -1.99. The Morgan fingerprint density at radius 1 is 1.50 bits per heavy atom. The molecule has 3 heteroatoms. The highest BCUT2D eigenvalue weighted by Crippen LogP contribution is 2.10. The molecule has 2 N–H and O–H groups in total. The zero-order chi connectivity index (χ0) is 10.4. The molecular weight excluding hydrogens is 176 g/mol. The molecule has 1 rings (SSSR count). The molecule has 0 unspecified atom stereocenters. The van der Waals surface area contributed by atoms with Crippen molar-refractivity contribution in [3.8, 4) is 6.07 Å². The van der Waals surface area contributed by atoms with Crippen molar-refractivity contribution in [1.29, 1.82) is 5.26 Å². The second-order valence-electron chi connectivity index (χ2n) is 2.72. The lowest BCUT2D eigenvalue weighted by Crippen LogP contribution is -2.12. The highest BCUT2D eigenvalue weighted by atomic mass is 16.1. The second-order valence-corrected chi connectivity index (χ2v) is 2.72. The van der Waals surface area contributed by atoms with Gasteiger partial charge in [0, 0.05) is 5.56 Å². The predicted molar refractivity (Wildman–Crippen MR) is 54.2 cm³/mol. The van der Waals surface area contributed by atoms with E-state index in [-0.39, 0.29) is 0 Å². The Balaban J connectivity index is 2.97. The summed E-state index contributed by atoms with van der Waals surface area (Å²) in [5.41, 5.74) is 6.40. The molecule has 0 fully saturated rings. The van der Waals surface area contributed by atoms with Crippen molar-refractivity contribution < 1.29 is 4.79 Å². The molecule has 1 amide bonds. The highest BCUT2D eigenvalue weighted by molar-refractivity contribution is 5.96. The number of nitrogens with two attached hydrogens (primary N) is 1. The molecule has 0 spiro atoms. The maximum atomic E-state index is 11.0. The minimum absolute atomic E-state index is 0.326. The molecule has 14 heavy (non-hydrogen) atoms. The van der Waals surface area contributed by atoms with Crippen LogP contribution in [0.15, 0.2) is 30.3 Å². The zero-order valence-corrected chi connectivity index (χ0v) is 7.60. The van der Waals surface area contributed by atoms with Gasteiger partial charge in [0.2, 0.25) is 5.91 Å². The van der Waals surface area contributed by atoms with Gasteiger partial charge in [-0.25, -0.2) is 0 Å². The van der Waals surface area contributed by atoms with Crippen LogP contribution in [0, 0.1) is 11.3 Å². The number of carbonyl (C=O) groups is 1. The average molecular weight is 186 g/mol. The smallest absolute Gasteiger partial charge is 0.249 e.